The number of carboxylic acids is 1. The maximum absolute atomic E-state index is 14.2. The second kappa shape index (κ2) is 4.11. The van der Waals surface area contributed by atoms with Crippen LogP contribution in [0.2, 0.25) is 0 Å². The molecular formula is C15H17FO4. The molecule has 0 bridgehead atoms. The quantitative estimate of drug-likeness (QED) is 0.920. The molecule has 1 aliphatic heterocycles. The second-order valence-electron chi connectivity index (χ2n) is 6.08. The number of hydrogen-bond acceptors (Lipinski definition) is 3. The molecule has 108 valence electrons. The highest BCUT2D eigenvalue weighted by molar-refractivity contribution is 5.71. The molecule has 0 unspecified atom stereocenters. The molecular weight excluding hydrogens is 263 g/mol. The predicted octanol–water partition coefficient (Wildman–Crippen LogP) is 3.13. The predicted molar refractivity (Wildman–Crippen MR) is 69.9 cm³/mol. The Labute approximate surface area is 116 Å². The van der Waals surface area contributed by atoms with Crippen LogP contribution in [0.5, 0.6) is 11.5 Å². The highest BCUT2D eigenvalue weighted by atomic mass is 19.1. The number of rotatable bonds is 4. The molecule has 3 rings (SSSR count). The van der Waals surface area contributed by atoms with Crippen LogP contribution in [0.25, 0.3) is 0 Å². The van der Waals surface area contributed by atoms with E-state index in [4.69, 9.17) is 14.6 Å². The summed E-state index contributed by atoms with van der Waals surface area (Å²) in [5.74, 6) is 0.247. The van der Waals surface area contributed by atoms with Gasteiger partial charge in [-0.05, 0) is 44.4 Å². The molecule has 0 atom stereocenters. The van der Waals surface area contributed by atoms with Gasteiger partial charge in [0.05, 0.1) is 6.42 Å². The number of halogens is 1. The summed E-state index contributed by atoms with van der Waals surface area (Å²) < 4.78 is 25.1. The monoisotopic (exact) mass is 280 g/mol. The number of hydrogen-bond donors (Lipinski definition) is 1. The van der Waals surface area contributed by atoms with Crippen molar-refractivity contribution in [2.45, 2.75) is 44.2 Å². The summed E-state index contributed by atoms with van der Waals surface area (Å²) in [5.41, 5.74) is -0.663. The van der Waals surface area contributed by atoms with Crippen LogP contribution in [0, 0.1) is 0 Å². The van der Waals surface area contributed by atoms with Gasteiger partial charge in [0.2, 0.25) is 6.79 Å². The molecule has 5 heteroatoms. The lowest BCUT2D eigenvalue weighted by molar-refractivity contribution is -0.137. The Bertz CT molecular complexity index is 570. The molecule has 1 aliphatic carbocycles. The van der Waals surface area contributed by atoms with Crippen LogP contribution < -0.4 is 9.47 Å². The van der Waals surface area contributed by atoms with Crippen molar-refractivity contribution in [1.82, 2.24) is 0 Å². The van der Waals surface area contributed by atoms with Gasteiger partial charge in [-0.1, -0.05) is 0 Å². The summed E-state index contributed by atoms with van der Waals surface area (Å²) in [7, 11) is 0. The minimum Gasteiger partial charge on any atom is -0.481 e. The van der Waals surface area contributed by atoms with Crippen molar-refractivity contribution in [3.63, 3.8) is 0 Å². The fraction of sp³-hybridized carbons (Fsp3) is 0.533. The van der Waals surface area contributed by atoms with Crippen molar-refractivity contribution in [3.8, 4) is 11.5 Å². The zero-order valence-electron chi connectivity index (χ0n) is 11.5. The van der Waals surface area contributed by atoms with E-state index < -0.39 is 17.1 Å². The standard InChI is InChI=1S/C15H17FO4/c1-14(2,16)9-5-10(13-11(6-9)19-8-20-13)15(3-4-15)7-12(17)18/h5-6H,3-4,7-8H2,1-2H3,(H,17,18). The highest BCUT2D eigenvalue weighted by Crippen LogP contribution is 2.57. The smallest absolute Gasteiger partial charge is 0.304 e. The average molecular weight is 280 g/mol. The Kier molecular flexibility index (Phi) is 2.71. The minimum atomic E-state index is -1.50. The fourth-order valence-corrected chi connectivity index (χ4v) is 2.73. The van der Waals surface area contributed by atoms with Crippen LogP contribution in [-0.2, 0) is 15.9 Å². The van der Waals surface area contributed by atoms with Gasteiger partial charge in [-0.2, -0.15) is 0 Å². The lowest BCUT2D eigenvalue weighted by Crippen LogP contribution is -2.16. The zero-order chi connectivity index (χ0) is 14.5. The van der Waals surface area contributed by atoms with Crippen molar-refractivity contribution in [1.29, 1.82) is 0 Å². The first-order valence-corrected chi connectivity index (χ1v) is 6.67. The zero-order valence-corrected chi connectivity index (χ0v) is 11.5. The minimum absolute atomic E-state index is 0.0406. The van der Waals surface area contributed by atoms with Crippen molar-refractivity contribution in [2.24, 2.45) is 0 Å². The number of carboxylic acid groups (broad SMARTS) is 1. The summed E-state index contributed by atoms with van der Waals surface area (Å²) in [4.78, 5) is 11.1. The maximum atomic E-state index is 14.2. The van der Waals surface area contributed by atoms with E-state index >= 15 is 0 Å². The van der Waals surface area contributed by atoms with Gasteiger partial charge in [0, 0.05) is 11.0 Å². The van der Waals surface area contributed by atoms with Gasteiger partial charge in [0.25, 0.3) is 0 Å². The van der Waals surface area contributed by atoms with Gasteiger partial charge in [0.1, 0.15) is 5.67 Å². The summed E-state index contributed by atoms with van der Waals surface area (Å²) in [5, 5.41) is 9.08. The van der Waals surface area contributed by atoms with E-state index in [2.05, 4.69) is 0 Å². The molecule has 1 heterocycles. The normalized spacial score (nSPS) is 18.9. The third-order valence-corrected chi connectivity index (χ3v) is 4.07. The van der Waals surface area contributed by atoms with E-state index in [0.29, 0.717) is 17.1 Å². The van der Waals surface area contributed by atoms with E-state index in [1.807, 2.05) is 0 Å². The van der Waals surface area contributed by atoms with Gasteiger partial charge in [-0.15, -0.1) is 0 Å². The van der Waals surface area contributed by atoms with E-state index in [1.54, 1.807) is 12.1 Å². The molecule has 1 N–H and O–H groups in total. The van der Waals surface area contributed by atoms with Crippen molar-refractivity contribution in [3.05, 3.63) is 23.3 Å². The molecule has 2 aliphatic rings. The molecule has 0 amide bonds. The topological polar surface area (TPSA) is 55.8 Å². The first-order valence-electron chi connectivity index (χ1n) is 6.67. The molecule has 1 saturated carbocycles. The number of carbonyl (C=O) groups is 1. The van der Waals surface area contributed by atoms with Crippen LogP contribution in [0.3, 0.4) is 0 Å². The van der Waals surface area contributed by atoms with Crippen LogP contribution in [0.1, 0.15) is 44.2 Å². The maximum Gasteiger partial charge on any atom is 0.304 e. The van der Waals surface area contributed by atoms with E-state index in [9.17, 15) is 9.18 Å². The van der Waals surface area contributed by atoms with Gasteiger partial charge in [-0.3, -0.25) is 4.79 Å². The van der Waals surface area contributed by atoms with Gasteiger partial charge < -0.3 is 14.6 Å². The number of ether oxygens (including phenoxy) is 2. The van der Waals surface area contributed by atoms with Crippen LogP contribution in [0.15, 0.2) is 12.1 Å². The number of benzene rings is 1. The Morgan fingerprint density at radius 1 is 1.40 bits per heavy atom. The number of aliphatic carboxylic acids is 1. The van der Waals surface area contributed by atoms with E-state index in [1.165, 1.54) is 13.8 Å². The van der Waals surface area contributed by atoms with Gasteiger partial charge in [-0.25, -0.2) is 4.39 Å². The lowest BCUT2D eigenvalue weighted by atomic mass is 9.87. The molecule has 0 spiro atoms. The highest BCUT2D eigenvalue weighted by Gasteiger charge is 2.49. The average Bonchev–Trinajstić information content (AvgIpc) is 2.94. The third-order valence-electron chi connectivity index (χ3n) is 4.07. The van der Waals surface area contributed by atoms with Gasteiger partial charge >= 0.3 is 5.97 Å². The molecule has 20 heavy (non-hydrogen) atoms. The van der Waals surface area contributed by atoms with Crippen LogP contribution in [-0.4, -0.2) is 17.9 Å². The summed E-state index contributed by atoms with van der Waals surface area (Å²) >= 11 is 0. The molecule has 0 saturated heterocycles. The van der Waals surface area contributed by atoms with Crippen molar-refractivity contribution < 1.29 is 23.8 Å². The second-order valence-corrected chi connectivity index (χ2v) is 6.08. The Hall–Kier alpha value is -1.78. The van der Waals surface area contributed by atoms with Crippen LogP contribution >= 0.6 is 0 Å². The molecule has 0 aromatic heterocycles. The lowest BCUT2D eigenvalue weighted by Gasteiger charge is -2.21. The number of alkyl halides is 1. The SMILES string of the molecule is CC(C)(F)c1cc2c(c(C3(CC(=O)O)CC3)c1)OCO2. The first kappa shape index (κ1) is 13.2. The molecule has 1 aromatic rings. The summed E-state index contributed by atoms with van der Waals surface area (Å²) in [6.45, 7) is 3.05. The van der Waals surface area contributed by atoms with E-state index in [0.717, 1.165) is 18.4 Å². The molecule has 4 nitrogen and oxygen atoms in total. The summed E-state index contributed by atoms with van der Waals surface area (Å²) in [6.07, 6.45) is 1.61. The van der Waals surface area contributed by atoms with Crippen molar-refractivity contribution in [2.75, 3.05) is 6.79 Å². The molecule has 0 radical (unpaired) electrons. The first-order chi connectivity index (χ1) is 9.32. The summed E-state index contributed by atoms with van der Waals surface area (Å²) in [6, 6.07) is 3.38. The largest absolute Gasteiger partial charge is 0.481 e. The Morgan fingerprint density at radius 2 is 2.10 bits per heavy atom. The third kappa shape index (κ3) is 2.11. The van der Waals surface area contributed by atoms with Gasteiger partial charge in [0.15, 0.2) is 11.5 Å². The van der Waals surface area contributed by atoms with Crippen LogP contribution in [0.4, 0.5) is 4.39 Å². The Balaban J connectivity index is 2.10. The molecule has 1 aromatic carbocycles. The Morgan fingerprint density at radius 3 is 2.65 bits per heavy atom. The van der Waals surface area contributed by atoms with E-state index in [-0.39, 0.29) is 13.2 Å². The molecule has 1 fully saturated rings. The number of fused-ring (bicyclic) bond motifs is 1. The van der Waals surface area contributed by atoms with Crippen molar-refractivity contribution >= 4 is 5.97 Å². The fourth-order valence-electron chi connectivity index (χ4n) is 2.73.